The summed E-state index contributed by atoms with van der Waals surface area (Å²) in [6, 6.07) is 0.264. The van der Waals surface area contributed by atoms with Gasteiger partial charge in [0.15, 0.2) is 5.82 Å². The van der Waals surface area contributed by atoms with Crippen LogP contribution >= 0.6 is 0 Å². The van der Waals surface area contributed by atoms with Gasteiger partial charge in [0, 0.05) is 19.0 Å². The Labute approximate surface area is 64.6 Å². The van der Waals surface area contributed by atoms with Gasteiger partial charge in [0.05, 0.1) is 0 Å². The molecule has 2 atom stereocenters. The zero-order valence-electron chi connectivity index (χ0n) is 6.44. The summed E-state index contributed by atoms with van der Waals surface area (Å²) >= 11 is 0. The summed E-state index contributed by atoms with van der Waals surface area (Å²) in [5.74, 6) is 1.30. The molecule has 0 bridgehead atoms. The Morgan fingerprint density at radius 3 is 2.73 bits per heavy atom. The number of nitrogens with two attached hydrogens (primary N) is 1. The Hall–Kier alpha value is -0.970. The SMILES string of the molecule is Cn1nnnc1C1CCC1N. The largest absolute Gasteiger partial charge is 0.327 e. The van der Waals surface area contributed by atoms with E-state index in [1.807, 2.05) is 7.05 Å². The highest BCUT2D eigenvalue weighted by atomic mass is 15.5. The Bertz CT molecular complexity index is 255. The molecule has 5 nitrogen and oxygen atoms in total. The fraction of sp³-hybridized carbons (Fsp3) is 0.833. The van der Waals surface area contributed by atoms with Gasteiger partial charge in [-0.15, -0.1) is 5.10 Å². The first-order valence-electron chi connectivity index (χ1n) is 3.77. The van der Waals surface area contributed by atoms with Crippen LogP contribution in [0.5, 0.6) is 0 Å². The fourth-order valence-corrected chi connectivity index (χ4v) is 1.40. The number of tetrazole rings is 1. The van der Waals surface area contributed by atoms with E-state index in [0.29, 0.717) is 5.92 Å². The number of aryl methyl sites for hydroxylation is 1. The monoisotopic (exact) mass is 153 g/mol. The van der Waals surface area contributed by atoms with E-state index in [2.05, 4.69) is 15.5 Å². The minimum absolute atomic E-state index is 0.264. The van der Waals surface area contributed by atoms with Crippen molar-refractivity contribution < 1.29 is 0 Å². The van der Waals surface area contributed by atoms with Gasteiger partial charge in [-0.3, -0.25) is 0 Å². The van der Waals surface area contributed by atoms with Gasteiger partial charge in [-0.25, -0.2) is 4.68 Å². The fourth-order valence-electron chi connectivity index (χ4n) is 1.40. The van der Waals surface area contributed by atoms with Crippen molar-refractivity contribution in [3.63, 3.8) is 0 Å². The summed E-state index contributed by atoms with van der Waals surface area (Å²) in [6.45, 7) is 0. The third kappa shape index (κ3) is 0.920. The molecule has 1 aliphatic rings. The molecule has 1 heterocycles. The predicted molar refractivity (Wildman–Crippen MR) is 38.7 cm³/mol. The molecule has 0 amide bonds. The molecule has 11 heavy (non-hydrogen) atoms. The quantitative estimate of drug-likeness (QED) is 0.585. The molecule has 0 saturated heterocycles. The second-order valence-electron chi connectivity index (χ2n) is 3.01. The maximum absolute atomic E-state index is 5.77. The number of nitrogens with zero attached hydrogens (tertiary/aromatic N) is 4. The molecule has 5 heteroatoms. The van der Waals surface area contributed by atoms with Gasteiger partial charge in [-0.05, 0) is 23.3 Å². The van der Waals surface area contributed by atoms with Crippen molar-refractivity contribution >= 4 is 0 Å². The Balaban J connectivity index is 2.22. The lowest BCUT2D eigenvalue weighted by molar-refractivity contribution is 0.324. The lowest BCUT2D eigenvalue weighted by atomic mass is 9.80. The van der Waals surface area contributed by atoms with Crippen molar-refractivity contribution in [3.05, 3.63) is 5.82 Å². The number of rotatable bonds is 1. The summed E-state index contributed by atoms with van der Waals surface area (Å²) < 4.78 is 1.70. The predicted octanol–water partition coefficient (Wildman–Crippen LogP) is -0.585. The van der Waals surface area contributed by atoms with Crippen LogP contribution in [0.15, 0.2) is 0 Å². The average Bonchev–Trinajstić information content (AvgIpc) is 2.34. The maximum Gasteiger partial charge on any atom is 0.155 e. The topological polar surface area (TPSA) is 69.6 Å². The van der Waals surface area contributed by atoms with E-state index in [-0.39, 0.29) is 6.04 Å². The van der Waals surface area contributed by atoms with Crippen molar-refractivity contribution in [3.8, 4) is 0 Å². The third-order valence-corrected chi connectivity index (χ3v) is 2.31. The van der Waals surface area contributed by atoms with Crippen LogP contribution in [0.1, 0.15) is 24.6 Å². The molecule has 1 aromatic rings. The normalized spacial score (nSPS) is 30.0. The van der Waals surface area contributed by atoms with Crippen LogP contribution in [0.3, 0.4) is 0 Å². The summed E-state index contributed by atoms with van der Waals surface area (Å²) in [5.41, 5.74) is 5.77. The summed E-state index contributed by atoms with van der Waals surface area (Å²) in [7, 11) is 1.85. The zero-order chi connectivity index (χ0) is 7.84. The first-order chi connectivity index (χ1) is 5.29. The van der Waals surface area contributed by atoms with Gasteiger partial charge in [-0.1, -0.05) is 0 Å². The summed E-state index contributed by atoms with van der Waals surface area (Å²) in [6.07, 6.45) is 2.22. The van der Waals surface area contributed by atoms with Gasteiger partial charge in [0.1, 0.15) is 0 Å². The molecule has 0 aromatic carbocycles. The number of hydrogen-bond donors (Lipinski definition) is 1. The number of aromatic nitrogens is 4. The molecule has 0 aliphatic heterocycles. The zero-order valence-corrected chi connectivity index (χ0v) is 6.44. The smallest absolute Gasteiger partial charge is 0.155 e. The minimum Gasteiger partial charge on any atom is -0.327 e. The van der Waals surface area contributed by atoms with Crippen LogP contribution in [-0.2, 0) is 7.05 Å². The first kappa shape index (κ1) is 6.72. The van der Waals surface area contributed by atoms with E-state index < -0.39 is 0 Å². The lowest BCUT2D eigenvalue weighted by Crippen LogP contribution is -2.38. The van der Waals surface area contributed by atoms with E-state index in [9.17, 15) is 0 Å². The maximum atomic E-state index is 5.77. The molecule has 2 rings (SSSR count). The Kier molecular flexibility index (Phi) is 1.38. The molecular weight excluding hydrogens is 142 g/mol. The van der Waals surface area contributed by atoms with E-state index in [0.717, 1.165) is 18.7 Å². The standard InChI is InChI=1S/C6H11N5/c1-11-6(8-9-10-11)4-2-3-5(4)7/h4-5H,2-3,7H2,1H3. The third-order valence-electron chi connectivity index (χ3n) is 2.31. The minimum atomic E-state index is 0.264. The Morgan fingerprint density at radius 1 is 1.55 bits per heavy atom. The van der Waals surface area contributed by atoms with E-state index >= 15 is 0 Å². The molecule has 0 spiro atoms. The van der Waals surface area contributed by atoms with Crippen molar-refractivity contribution in [1.82, 2.24) is 20.2 Å². The molecule has 1 saturated carbocycles. The van der Waals surface area contributed by atoms with Crippen LogP contribution in [-0.4, -0.2) is 26.2 Å². The second-order valence-corrected chi connectivity index (χ2v) is 3.01. The molecule has 1 fully saturated rings. The number of hydrogen-bond acceptors (Lipinski definition) is 4. The van der Waals surface area contributed by atoms with Crippen LogP contribution in [0.2, 0.25) is 0 Å². The molecule has 60 valence electrons. The highest BCUT2D eigenvalue weighted by molar-refractivity contribution is 5.05. The molecule has 2 N–H and O–H groups in total. The van der Waals surface area contributed by atoms with Gasteiger partial charge >= 0.3 is 0 Å². The second kappa shape index (κ2) is 2.27. The van der Waals surface area contributed by atoms with Gasteiger partial charge in [0.2, 0.25) is 0 Å². The molecule has 2 unspecified atom stereocenters. The summed E-state index contributed by atoms with van der Waals surface area (Å²) in [5, 5.41) is 11.2. The highest BCUT2D eigenvalue weighted by Gasteiger charge is 2.32. The van der Waals surface area contributed by atoms with Crippen molar-refractivity contribution in [1.29, 1.82) is 0 Å². The van der Waals surface area contributed by atoms with Crippen molar-refractivity contribution in [2.24, 2.45) is 12.8 Å². The van der Waals surface area contributed by atoms with E-state index in [4.69, 9.17) is 5.73 Å². The summed E-state index contributed by atoms with van der Waals surface area (Å²) in [4.78, 5) is 0. The van der Waals surface area contributed by atoms with Crippen LogP contribution in [0.25, 0.3) is 0 Å². The molecule has 0 radical (unpaired) electrons. The van der Waals surface area contributed by atoms with E-state index in [1.165, 1.54) is 0 Å². The van der Waals surface area contributed by atoms with Gasteiger partial charge in [-0.2, -0.15) is 0 Å². The lowest BCUT2D eigenvalue weighted by Gasteiger charge is -2.31. The van der Waals surface area contributed by atoms with E-state index in [1.54, 1.807) is 4.68 Å². The molecular formula is C6H11N5. The molecule has 1 aliphatic carbocycles. The first-order valence-corrected chi connectivity index (χ1v) is 3.77. The van der Waals surface area contributed by atoms with Crippen molar-refractivity contribution in [2.45, 2.75) is 24.8 Å². The van der Waals surface area contributed by atoms with Gasteiger partial charge < -0.3 is 5.73 Å². The van der Waals surface area contributed by atoms with Gasteiger partial charge in [0.25, 0.3) is 0 Å². The Morgan fingerprint density at radius 2 is 2.36 bits per heavy atom. The van der Waals surface area contributed by atoms with Crippen LogP contribution in [0.4, 0.5) is 0 Å². The highest BCUT2D eigenvalue weighted by Crippen LogP contribution is 2.33. The average molecular weight is 153 g/mol. The van der Waals surface area contributed by atoms with Crippen LogP contribution < -0.4 is 5.73 Å². The van der Waals surface area contributed by atoms with Crippen LogP contribution in [0, 0.1) is 0 Å². The van der Waals surface area contributed by atoms with Crippen molar-refractivity contribution in [2.75, 3.05) is 0 Å². The molecule has 1 aromatic heterocycles.